The number of hydrogen-bond acceptors (Lipinski definition) is 2. The van der Waals surface area contributed by atoms with E-state index in [1.54, 1.807) is 35.0 Å². The fourth-order valence-electron chi connectivity index (χ4n) is 2.58. The molecule has 0 unspecified atom stereocenters. The van der Waals surface area contributed by atoms with E-state index in [1.165, 1.54) is 19.2 Å². The maximum absolute atomic E-state index is 13.2. The Hall–Kier alpha value is -2.53. The van der Waals surface area contributed by atoms with Gasteiger partial charge in [0.1, 0.15) is 18.1 Å². The van der Waals surface area contributed by atoms with Crippen LogP contribution in [0.15, 0.2) is 42.6 Å². The molecular weight excluding hydrogens is 331 g/mol. The molecule has 1 amide bonds. The van der Waals surface area contributed by atoms with Crippen molar-refractivity contribution >= 4 is 34.1 Å². The number of methoxy groups -OCH3 is 1. The second kappa shape index (κ2) is 6.53. The molecule has 1 aromatic heterocycles. The number of aromatic nitrogens is 1. The van der Waals surface area contributed by atoms with Gasteiger partial charge >= 0.3 is 0 Å². The number of anilines is 1. The third kappa shape index (κ3) is 3.21. The van der Waals surface area contributed by atoms with E-state index in [0.717, 1.165) is 16.5 Å². The minimum Gasteiger partial charge on any atom is -0.495 e. The van der Waals surface area contributed by atoms with Gasteiger partial charge in [0.15, 0.2) is 0 Å². The monoisotopic (exact) mass is 346 g/mol. The summed E-state index contributed by atoms with van der Waals surface area (Å²) in [5.41, 5.74) is 2.20. The first-order valence-electron chi connectivity index (χ1n) is 7.36. The van der Waals surface area contributed by atoms with Gasteiger partial charge in [0.2, 0.25) is 5.91 Å². The van der Waals surface area contributed by atoms with Gasteiger partial charge in [-0.05, 0) is 42.8 Å². The van der Waals surface area contributed by atoms with Crippen LogP contribution in [0.3, 0.4) is 0 Å². The third-order valence-electron chi connectivity index (χ3n) is 3.80. The molecule has 1 N–H and O–H groups in total. The Balaban J connectivity index is 1.81. The highest BCUT2D eigenvalue weighted by atomic mass is 35.5. The van der Waals surface area contributed by atoms with E-state index in [1.807, 2.05) is 6.92 Å². The van der Waals surface area contributed by atoms with Crippen molar-refractivity contribution in [3.8, 4) is 5.75 Å². The average molecular weight is 347 g/mol. The Morgan fingerprint density at radius 2 is 2.08 bits per heavy atom. The van der Waals surface area contributed by atoms with Gasteiger partial charge < -0.3 is 14.6 Å². The predicted molar refractivity (Wildman–Crippen MR) is 93.3 cm³/mol. The summed E-state index contributed by atoms with van der Waals surface area (Å²) in [5, 5.41) is 4.15. The quantitative estimate of drug-likeness (QED) is 0.761. The summed E-state index contributed by atoms with van der Waals surface area (Å²) in [5.74, 6) is -0.0127. The summed E-state index contributed by atoms with van der Waals surface area (Å²) in [6, 6.07) is 9.68. The summed E-state index contributed by atoms with van der Waals surface area (Å²) < 4.78 is 20.3. The van der Waals surface area contributed by atoms with Crippen LogP contribution >= 0.6 is 11.6 Å². The summed E-state index contributed by atoms with van der Waals surface area (Å²) in [6.45, 7) is 1.96. The summed E-state index contributed by atoms with van der Waals surface area (Å²) in [6.07, 6.45) is 1.76. The van der Waals surface area contributed by atoms with Gasteiger partial charge in [-0.3, -0.25) is 4.79 Å². The number of rotatable bonds is 4. The van der Waals surface area contributed by atoms with Gasteiger partial charge in [0.05, 0.1) is 12.8 Å². The maximum Gasteiger partial charge on any atom is 0.244 e. The third-order valence-corrected chi connectivity index (χ3v) is 4.21. The Morgan fingerprint density at radius 1 is 1.29 bits per heavy atom. The first-order chi connectivity index (χ1) is 11.5. The highest BCUT2D eigenvalue weighted by Gasteiger charge is 2.12. The molecule has 0 aliphatic heterocycles. The van der Waals surface area contributed by atoms with Crippen molar-refractivity contribution < 1.29 is 13.9 Å². The molecular formula is C18H16ClFN2O2. The molecule has 0 fully saturated rings. The summed E-state index contributed by atoms with van der Waals surface area (Å²) >= 11 is 6.07. The van der Waals surface area contributed by atoms with Crippen LogP contribution in [0.2, 0.25) is 5.02 Å². The van der Waals surface area contributed by atoms with Crippen LogP contribution in [0.1, 0.15) is 5.56 Å². The number of amides is 1. The van der Waals surface area contributed by atoms with Crippen LogP contribution in [0, 0.1) is 12.7 Å². The van der Waals surface area contributed by atoms with Gasteiger partial charge in [-0.25, -0.2) is 4.39 Å². The van der Waals surface area contributed by atoms with Gasteiger partial charge in [-0.2, -0.15) is 0 Å². The van der Waals surface area contributed by atoms with Crippen molar-refractivity contribution in [2.45, 2.75) is 13.5 Å². The molecule has 6 heteroatoms. The van der Waals surface area contributed by atoms with E-state index < -0.39 is 0 Å². The molecule has 3 aromatic rings. The molecule has 0 aliphatic rings. The number of carbonyl (C=O) groups is 1. The number of carbonyl (C=O) groups excluding carboxylic acids is 1. The Labute approximate surface area is 143 Å². The lowest BCUT2D eigenvalue weighted by atomic mass is 10.2. The molecule has 0 aliphatic carbocycles. The molecule has 0 radical (unpaired) electrons. The minimum atomic E-state index is -0.300. The van der Waals surface area contributed by atoms with Crippen LogP contribution in [0.5, 0.6) is 5.75 Å². The zero-order chi connectivity index (χ0) is 17.3. The molecule has 0 atom stereocenters. The summed E-state index contributed by atoms with van der Waals surface area (Å²) in [7, 11) is 1.52. The molecule has 24 heavy (non-hydrogen) atoms. The molecule has 0 saturated carbocycles. The fourth-order valence-corrected chi connectivity index (χ4v) is 2.74. The lowest BCUT2D eigenvalue weighted by Gasteiger charge is -2.13. The highest BCUT2D eigenvalue weighted by Crippen LogP contribution is 2.31. The van der Waals surface area contributed by atoms with Crippen molar-refractivity contribution in [2.75, 3.05) is 12.4 Å². The van der Waals surface area contributed by atoms with E-state index in [0.29, 0.717) is 16.5 Å². The maximum atomic E-state index is 13.2. The fraction of sp³-hybridized carbons (Fsp3) is 0.167. The molecule has 0 bridgehead atoms. The smallest absolute Gasteiger partial charge is 0.244 e. The number of halogens is 2. The number of hydrogen-bond donors (Lipinski definition) is 1. The number of nitrogens with zero attached hydrogens (tertiary/aromatic N) is 1. The number of nitrogens with one attached hydrogen (secondary N) is 1. The van der Waals surface area contributed by atoms with Gasteiger partial charge in [0.25, 0.3) is 0 Å². The van der Waals surface area contributed by atoms with E-state index in [9.17, 15) is 9.18 Å². The van der Waals surface area contributed by atoms with Crippen LogP contribution in [0.4, 0.5) is 10.1 Å². The van der Waals surface area contributed by atoms with E-state index >= 15 is 0 Å². The topological polar surface area (TPSA) is 43.3 Å². The molecule has 0 spiro atoms. The molecule has 2 aromatic carbocycles. The number of aryl methyl sites for hydroxylation is 1. The molecule has 124 valence electrons. The second-order valence-electron chi connectivity index (χ2n) is 5.50. The van der Waals surface area contributed by atoms with E-state index in [2.05, 4.69) is 5.32 Å². The SMILES string of the molecule is COc1cc(Cl)c(C)cc1NC(=O)Cn1ccc2cc(F)ccc21. The van der Waals surface area contributed by atoms with Crippen molar-refractivity contribution in [3.05, 3.63) is 59.0 Å². The van der Waals surface area contributed by atoms with Crippen molar-refractivity contribution in [1.29, 1.82) is 0 Å². The molecule has 1 heterocycles. The second-order valence-corrected chi connectivity index (χ2v) is 5.90. The minimum absolute atomic E-state index is 0.111. The zero-order valence-electron chi connectivity index (χ0n) is 13.3. The standard InChI is InChI=1S/C18H16ClFN2O2/c1-11-7-15(17(24-2)9-14(11)19)21-18(23)10-22-6-5-12-8-13(20)3-4-16(12)22/h3-9H,10H2,1-2H3,(H,21,23). The molecule has 0 saturated heterocycles. The van der Waals surface area contributed by atoms with Gasteiger partial charge in [0, 0.05) is 28.2 Å². The van der Waals surface area contributed by atoms with Crippen molar-refractivity contribution in [1.82, 2.24) is 4.57 Å². The number of benzene rings is 2. The number of fused-ring (bicyclic) bond motifs is 1. The largest absolute Gasteiger partial charge is 0.495 e. The lowest BCUT2D eigenvalue weighted by molar-refractivity contribution is -0.116. The Bertz CT molecular complexity index is 921. The molecule has 4 nitrogen and oxygen atoms in total. The average Bonchev–Trinajstić information content (AvgIpc) is 2.92. The highest BCUT2D eigenvalue weighted by molar-refractivity contribution is 6.31. The van der Waals surface area contributed by atoms with E-state index in [-0.39, 0.29) is 18.3 Å². The van der Waals surface area contributed by atoms with Gasteiger partial charge in [-0.15, -0.1) is 0 Å². The first kappa shape index (κ1) is 16.3. The van der Waals surface area contributed by atoms with Gasteiger partial charge in [-0.1, -0.05) is 11.6 Å². The van der Waals surface area contributed by atoms with Crippen molar-refractivity contribution in [3.63, 3.8) is 0 Å². The van der Waals surface area contributed by atoms with Crippen molar-refractivity contribution in [2.24, 2.45) is 0 Å². The molecule has 3 rings (SSSR count). The summed E-state index contributed by atoms with van der Waals surface area (Å²) in [4.78, 5) is 12.4. The number of ether oxygens (including phenoxy) is 1. The Kier molecular flexibility index (Phi) is 4.44. The van der Waals surface area contributed by atoms with Crippen LogP contribution in [-0.4, -0.2) is 17.6 Å². The van der Waals surface area contributed by atoms with Crippen LogP contribution in [-0.2, 0) is 11.3 Å². The van der Waals surface area contributed by atoms with Crippen LogP contribution < -0.4 is 10.1 Å². The predicted octanol–water partition coefficient (Wildman–Crippen LogP) is 4.39. The normalized spacial score (nSPS) is 10.8. The lowest BCUT2D eigenvalue weighted by Crippen LogP contribution is -2.18. The van der Waals surface area contributed by atoms with Crippen LogP contribution in [0.25, 0.3) is 10.9 Å². The van der Waals surface area contributed by atoms with E-state index in [4.69, 9.17) is 16.3 Å². The zero-order valence-corrected chi connectivity index (χ0v) is 14.0. The first-order valence-corrected chi connectivity index (χ1v) is 7.74. The Morgan fingerprint density at radius 3 is 2.83 bits per heavy atom.